The number of anilines is 1. The van der Waals surface area contributed by atoms with Gasteiger partial charge in [-0.05, 0) is 44.5 Å². The zero-order valence-electron chi connectivity index (χ0n) is 13.8. The van der Waals surface area contributed by atoms with E-state index >= 15 is 0 Å². The predicted molar refractivity (Wildman–Crippen MR) is 94.7 cm³/mol. The molecule has 1 aromatic carbocycles. The number of halogens is 1. The molecule has 130 valence electrons. The van der Waals surface area contributed by atoms with Gasteiger partial charge in [-0.25, -0.2) is 4.79 Å². The standard InChI is InChI=1S/C17H26N2O3.ClH/c1-2-13-21-16-9-5-4-8-15(16)18-17(20)22-14-12-19-10-6-3-7-11-19;/h4-5,8-9H,2-3,6-7,10-14H2,1H3,(H,18,20);1H. The topological polar surface area (TPSA) is 50.8 Å². The van der Waals surface area contributed by atoms with E-state index < -0.39 is 6.09 Å². The summed E-state index contributed by atoms with van der Waals surface area (Å²) in [6.07, 6.45) is 4.30. The summed E-state index contributed by atoms with van der Waals surface area (Å²) in [5.74, 6) is 0.678. The first-order valence-corrected chi connectivity index (χ1v) is 8.17. The van der Waals surface area contributed by atoms with Crippen molar-refractivity contribution < 1.29 is 14.3 Å². The number of hydrogen-bond acceptors (Lipinski definition) is 4. The third kappa shape index (κ3) is 7.10. The van der Waals surface area contributed by atoms with E-state index in [1.165, 1.54) is 19.3 Å². The number of nitrogens with one attached hydrogen (secondary N) is 1. The van der Waals surface area contributed by atoms with Crippen LogP contribution in [0, 0.1) is 0 Å². The van der Waals surface area contributed by atoms with Gasteiger partial charge in [0, 0.05) is 6.54 Å². The molecule has 1 aliphatic heterocycles. The summed E-state index contributed by atoms with van der Waals surface area (Å²) < 4.78 is 10.9. The Labute approximate surface area is 144 Å². The monoisotopic (exact) mass is 342 g/mol. The molecule has 1 aromatic rings. The third-order valence-corrected chi connectivity index (χ3v) is 3.67. The highest BCUT2D eigenvalue weighted by molar-refractivity contribution is 5.86. The van der Waals surface area contributed by atoms with Gasteiger partial charge in [0.25, 0.3) is 0 Å². The highest BCUT2D eigenvalue weighted by atomic mass is 35.5. The average molecular weight is 343 g/mol. The molecule has 1 N–H and O–H groups in total. The lowest BCUT2D eigenvalue weighted by Gasteiger charge is -2.25. The molecule has 0 spiro atoms. The number of piperidine rings is 1. The molecular formula is C17H27ClN2O3. The Bertz CT molecular complexity index is 465. The fourth-order valence-corrected chi connectivity index (χ4v) is 2.50. The third-order valence-electron chi connectivity index (χ3n) is 3.67. The lowest BCUT2D eigenvalue weighted by molar-refractivity contribution is 0.131. The normalized spacial score (nSPS) is 14.7. The van der Waals surface area contributed by atoms with Crippen molar-refractivity contribution in [1.29, 1.82) is 0 Å². The van der Waals surface area contributed by atoms with E-state index in [-0.39, 0.29) is 12.4 Å². The van der Waals surface area contributed by atoms with Crippen molar-refractivity contribution in [2.45, 2.75) is 32.6 Å². The zero-order chi connectivity index (χ0) is 15.6. The molecule has 23 heavy (non-hydrogen) atoms. The van der Waals surface area contributed by atoms with Crippen LogP contribution in [0.25, 0.3) is 0 Å². The van der Waals surface area contributed by atoms with Gasteiger partial charge < -0.3 is 9.47 Å². The molecule has 2 rings (SSSR count). The maximum Gasteiger partial charge on any atom is 0.411 e. The molecule has 0 radical (unpaired) electrons. The first kappa shape index (κ1) is 19.6. The Morgan fingerprint density at radius 2 is 1.91 bits per heavy atom. The number of rotatable bonds is 7. The number of carbonyl (C=O) groups is 1. The van der Waals surface area contributed by atoms with Crippen molar-refractivity contribution in [1.82, 2.24) is 4.90 Å². The minimum Gasteiger partial charge on any atom is -0.491 e. The molecule has 1 aliphatic rings. The molecule has 5 nitrogen and oxygen atoms in total. The van der Waals surface area contributed by atoms with Gasteiger partial charge in [-0.15, -0.1) is 12.4 Å². The summed E-state index contributed by atoms with van der Waals surface area (Å²) in [7, 11) is 0. The second-order valence-corrected chi connectivity index (χ2v) is 5.51. The maximum absolute atomic E-state index is 11.9. The van der Waals surface area contributed by atoms with Crippen LogP contribution in [-0.4, -0.2) is 43.8 Å². The molecule has 0 atom stereocenters. The summed E-state index contributed by atoms with van der Waals surface area (Å²) in [6.45, 7) is 6.12. The van der Waals surface area contributed by atoms with Crippen LogP contribution in [0.3, 0.4) is 0 Å². The molecule has 1 fully saturated rings. The van der Waals surface area contributed by atoms with E-state index in [9.17, 15) is 4.79 Å². The van der Waals surface area contributed by atoms with E-state index in [0.717, 1.165) is 26.1 Å². The fourth-order valence-electron chi connectivity index (χ4n) is 2.50. The summed E-state index contributed by atoms with van der Waals surface area (Å²) in [4.78, 5) is 14.2. The SMILES string of the molecule is CCCOc1ccccc1NC(=O)OCCN1CCCCC1.Cl. The quantitative estimate of drug-likeness (QED) is 0.815. The van der Waals surface area contributed by atoms with Gasteiger partial charge in [-0.1, -0.05) is 25.5 Å². The number of nitrogens with zero attached hydrogens (tertiary/aromatic N) is 1. The molecule has 0 saturated carbocycles. The van der Waals surface area contributed by atoms with Crippen LogP contribution >= 0.6 is 12.4 Å². The van der Waals surface area contributed by atoms with Gasteiger partial charge in [-0.2, -0.15) is 0 Å². The van der Waals surface area contributed by atoms with Gasteiger partial charge >= 0.3 is 6.09 Å². The van der Waals surface area contributed by atoms with Gasteiger partial charge in [0.2, 0.25) is 0 Å². The largest absolute Gasteiger partial charge is 0.491 e. The minimum absolute atomic E-state index is 0. The van der Waals surface area contributed by atoms with E-state index in [1.54, 1.807) is 0 Å². The van der Waals surface area contributed by atoms with E-state index in [1.807, 2.05) is 31.2 Å². The molecular weight excluding hydrogens is 316 g/mol. The van der Waals surface area contributed by atoms with Crippen LogP contribution in [0.5, 0.6) is 5.75 Å². The molecule has 1 heterocycles. The second-order valence-electron chi connectivity index (χ2n) is 5.51. The van der Waals surface area contributed by atoms with E-state index in [4.69, 9.17) is 9.47 Å². The Balaban J connectivity index is 0.00000264. The van der Waals surface area contributed by atoms with Crippen molar-refractivity contribution in [3.63, 3.8) is 0 Å². The molecule has 1 saturated heterocycles. The van der Waals surface area contributed by atoms with Crippen LogP contribution in [0.15, 0.2) is 24.3 Å². The van der Waals surface area contributed by atoms with Crippen molar-refractivity contribution in [3.8, 4) is 5.75 Å². The summed E-state index contributed by atoms with van der Waals surface area (Å²) in [6, 6.07) is 7.41. The number of likely N-dealkylation sites (tertiary alicyclic amines) is 1. The first-order chi connectivity index (χ1) is 10.8. The van der Waals surface area contributed by atoms with Crippen molar-refractivity contribution in [3.05, 3.63) is 24.3 Å². The van der Waals surface area contributed by atoms with Crippen LogP contribution in [0.2, 0.25) is 0 Å². The van der Waals surface area contributed by atoms with Crippen molar-refractivity contribution in [2.24, 2.45) is 0 Å². The van der Waals surface area contributed by atoms with Crippen molar-refractivity contribution in [2.75, 3.05) is 38.2 Å². The molecule has 0 unspecified atom stereocenters. The molecule has 1 amide bonds. The summed E-state index contributed by atoms with van der Waals surface area (Å²) in [5.41, 5.74) is 0.652. The molecule has 0 aromatic heterocycles. The Kier molecular flexibility index (Phi) is 9.48. The Morgan fingerprint density at radius 3 is 2.65 bits per heavy atom. The molecule has 6 heteroatoms. The van der Waals surface area contributed by atoms with Gasteiger partial charge in [0.15, 0.2) is 0 Å². The fraction of sp³-hybridized carbons (Fsp3) is 0.588. The highest BCUT2D eigenvalue weighted by Gasteiger charge is 2.12. The van der Waals surface area contributed by atoms with Crippen LogP contribution in [0.1, 0.15) is 32.6 Å². The van der Waals surface area contributed by atoms with Crippen LogP contribution in [-0.2, 0) is 4.74 Å². The number of ether oxygens (including phenoxy) is 2. The van der Waals surface area contributed by atoms with Gasteiger partial charge in [0.1, 0.15) is 12.4 Å². The number of benzene rings is 1. The zero-order valence-corrected chi connectivity index (χ0v) is 14.6. The smallest absolute Gasteiger partial charge is 0.411 e. The summed E-state index contributed by atoms with van der Waals surface area (Å²) >= 11 is 0. The maximum atomic E-state index is 11.9. The van der Waals surface area contributed by atoms with Crippen molar-refractivity contribution >= 4 is 24.2 Å². The minimum atomic E-state index is -0.426. The van der Waals surface area contributed by atoms with Crippen LogP contribution in [0.4, 0.5) is 10.5 Å². The highest BCUT2D eigenvalue weighted by Crippen LogP contribution is 2.23. The number of amides is 1. The molecule has 0 bridgehead atoms. The van der Waals surface area contributed by atoms with Gasteiger partial charge in [0.05, 0.1) is 12.3 Å². The molecule has 0 aliphatic carbocycles. The summed E-state index contributed by atoms with van der Waals surface area (Å²) in [5, 5.41) is 2.75. The lowest BCUT2D eigenvalue weighted by Crippen LogP contribution is -2.33. The predicted octanol–water partition coefficient (Wildman–Crippen LogP) is 3.93. The van der Waals surface area contributed by atoms with Crippen LogP contribution < -0.4 is 10.1 Å². The number of para-hydroxylation sites is 2. The number of hydrogen-bond donors (Lipinski definition) is 1. The number of carbonyl (C=O) groups excluding carboxylic acids is 1. The Morgan fingerprint density at radius 1 is 1.17 bits per heavy atom. The van der Waals surface area contributed by atoms with Gasteiger partial charge in [-0.3, -0.25) is 10.2 Å². The Hall–Kier alpha value is -1.46. The lowest BCUT2D eigenvalue weighted by atomic mass is 10.1. The van der Waals surface area contributed by atoms with E-state index in [0.29, 0.717) is 24.7 Å². The first-order valence-electron chi connectivity index (χ1n) is 8.17. The van der Waals surface area contributed by atoms with E-state index in [2.05, 4.69) is 10.2 Å². The average Bonchev–Trinajstić information content (AvgIpc) is 2.55. The second kappa shape index (κ2) is 11.1.